The molecule has 0 aliphatic rings. The predicted octanol–water partition coefficient (Wildman–Crippen LogP) is 2.72. The number of nitrogens with one attached hydrogen (secondary N) is 2. The van der Waals surface area contributed by atoms with Crippen LogP contribution in [0.1, 0.15) is 22.8 Å². The number of hydrogen-bond acceptors (Lipinski definition) is 5. The van der Waals surface area contributed by atoms with E-state index in [4.69, 9.17) is 4.74 Å². The number of carbonyl (C=O) groups is 2. The van der Waals surface area contributed by atoms with Gasteiger partial charge in [-0.25, -0.2) is 4.79 Å². The van der Waals surface area contributed by atoms with E-state index in [9.17, 15) is 14.6 Å². The van der Waals surface area contributed by atoms with Crippen molar-refractivity contribution < 1.29 is 19.3 Å². The zero-order valence-corrected chi connectivity index (χ0v) is 17.4. The van der Waals surface area contributed by atoms with Crippen molar-refractivity contribution in [1.82, 2.24) is 5.23 Å². The van der Waals surface area contributed by atoms with Crippen LogP contribution in [0.4, 0.5) is 5.69 Å². The largest absolute Gasteiger partial charge is 0.462 e. The molecule has 2 rings (SSSR count). The third kappa shape index (κ3) is 6.64. The first kappa shape index (κ1) is 21.4. The van der Waals surface area contributed by atoms with Gasteiger partial charge in [0.05, 0.1) is 23.9 Å². The zero-order chi connectivity index (χ0) is 19.8. The summed E-state index contributed by atoms with van der Waals surface area (Å²) in [7, 11) is -0.857. The highest BCUT2D eigenvalue weighted by Crippen LogP contribution is 2.17. The van der Waals surface area contributed by atoms with Crippen LogP contribution in [0.15, 0.2) is 48.5 Å². The molecule has 0 fully saturated rings. The van der Waals surface area contributed by atoms with Gasteiger partial charge in [0.1, 0.15) is 0 Å². The van der Waals surface area contributed by atoms with Gasteiger partial charge >= 0.3 is 13.0 Å². The van der Waals surface area contributed by atoms with Gasteiger partial charge in [-0.15, -0.1) is 0 Å². The lowest BCUT2D eigenvalue weighted by molar-refractivity contribution is -0.117. The number of para-hydroxylation sites is 1. The van der Waals surface area contributed by atoms with E-state index >= 15 is 0 Å². The average Bonchev–Trinajstić information content (AvgIpc) is 2.63. The molecule has 142 valence electrons. The minimum atomic E-state index is -0.857. The molecule has 1 unspecified atom stereocenters. The van der Waals surface area contributed by atoms with Crippen molar-refractivity contribution in [3.8, 4) is 0 Å². The van der Waals surface area contributed by atoms with Crippen LogP contribution in [0.2, 0.25) is 6.82 Å². The molecule has 1 atom stereocenters. The van der Waals surface area contributed by atoms with E-state index < -0.39 is 19.1 Å². The summed E-state index contributed by atoms with van der Waals surface area (Å²) in [5, 5.41) is 15.3. The number of amides is 1. The van der Waals surface area contributed by atoms with Gasteiger partial charge < -0.3 is 20.3 Å². The Labute approximate surface area is 173 Å². The van der Waals surface area contributed by atoms with Gasteiger partial charge in [-0.3, -0.25) is 4.79 Å². The molecule has 0 aromatic heterocycles. The van der Waals surface area contributed by atoms with Gasteiger partial charge in [0, 0.05) is 3.57 Å². The summed E-state index contributed by atoms with van der Waals surface area (Å²) < 4.78 is 6.14. The minimum Gasteiger partial charge on any atom is -0.462 e. The third-order valence-electron chi connectivity index (χ3n) is 3.79. The number of rotatable bonds is 8. The summed E-state index contributed by atoms with van der Waals surface area (Å²) in [6.07, 6.45) is 0.398. The van der Waals surface area contributed by atoms with E-state index in [1.807, 2.05) is 24.3 Å². The Bertz CT molecular complexity index is 784. The first-order chi connectivity index (χ1) is 12.9. The number of benzene rings is 2. The van der Waals surface area contributed by atoms with Crippen LogP contribution < -0.4 is 10.5 Å². The van der Waals surface area contributed by atoms with E-state index in [0.717, 1.165) is 9.13 Å². The number of esters is 1. The Balaban J connectivity index is 2.18. The molecule has 0 aliphatic carbocycles. The highest BCUT2D eigenvalue weighted by molar-refractivity contribution is 14.1. The van der Waals surface area contributed by atoms with Crippen molar-refractivity contribution >= 4 is 47.2 Å². The molecular formula is C19H22BIN2O4. The summed E-state index contributed by atoms with van der Waals surface area (Å²) in [4.78, 5) is 24.9. The monoisotopic (exact) mass is 480 g/mol. The molecule has 0 aliphatic heterocycles. The molecule has 6 nitrogen and oxygen atoms in total. The standard InChI is InChI=1S/C19H22BIN2O4/c1-3-27-19(25)15-6-4-5-7-16(15)22-18(24)17(23-20(2)26)12-13-8-10-14(21)11-9-13/h4-11,17,23,26H,3,12H2,1-2H3,(H,22,24). The van der Waals surface area contributed by atoms with E-state index in [1.165, 1.54) is 0 Å². The van der Waals surface area contributed by atoms with Gasteiger partial charge in [0.25, 0.3) is 0 Å². The maximum absolute atomic E-state index is 12.8. The topological polar surface area (TPSA) is 87.7 Å². The minimum absolute atomic E-state index is 0.250. The van der Waals surface area contributed by atoms with Crippen LogP contribution in [0.3, 0.4) is 0 Å². The first-order valence-corrected chi connectivity index (χ1v) is 9.74. The molecule has 0 saturated carbocycles. The Kier molecular flexibility index (Phi) is 8.27. The Morgan fingerprint density at radius 3 is 2.48 bits per heavy atom. The average molecular weight is 480 g/mol. The number of ether oxygens (including phenoxy) is 1. The maximum Gasteiger partial charge on any atom is 0.374 e. The smallest absolute Gasteiger partial charge is 0.374 e. The number of hydrogen-bond donors (Lipinski definition) is 3. The molecule has 0 bridgehead atoms. The van der Waals surface area contributed by atoms with Crippen LogP contribution in [-0.2, 0) is 16.0 Å². The normalized spacial score (nSPS) is 11.6. The van der Waals surface area contributed by atoms with Crippen molar-refractivity contribution in [2.45, 2.75) is 26.2 Å². The van der Waals surface area contributed by atoms with Gasteiger partial charge in [0.2, 0.25) is 5.91 Å². The van der Waals surface area contributed by atoms with Gasteiger partial charge in [-0.1, -0.05) is 24.3 Å². The van der Waals surface area contributed by atoms with Crippen molar-refractivity contribution in [2.75, 3.05) is 11.9 Å². The summed E-state index contributed by atoms with van der Waals surface area (Å²) in [5.41, 5.74) is 1.63. The van der Waals surface area contributed by atoms with E-state index in [2.05, 4.69) is 33.1 Å². The zero-order valence-electron chi connectivity index (χ0n) is 15.2. The van der Waals surface area contributed by atoms with Crippen LogP contribution in [0.5, 0.6) is 0 Å². The molecule has 2 aromatic rings. The van der Waals surface area contributed by atoms with Crippen LogP contribution in [0, 0.1) is 3.57 Å². The lowest BCUT2D eigenvalue weighted by atomic mass is 9.86. The molecule has 27 heavy (non-hydrogen) atoms. The lowest BCUT2D eigenvalue weighted by Gasteiger charge is -2.20. The fourth-order valence-corrected chi connectivity index (χ4v) is 2.93. The van der Waals surface area contributed by atoms with Crippen LogP contribution in [-0.4, -0.2) is 36.6 Å². The Hall–Kier alpha value is -1.91. The van der Waals surface area contributed by atoms with Gasteiger partial charge in [0.15, 0.2) is 0 Å². The first-order valence-electron chi connectivity index (χ1n) is 8.66. The number of anilines is 1. The molecule has 8 heteroatoms. The molecule has 1 amide bonds. The molecule has 0 radical (unpaired) electrons. The second-order valence-electron chi connectivity index (χ2n) is 5.98. The van der Waals surface area contributed by atoms with E-state index in [1.54, 1.807) is 38.0 Å². The SMILES string of the molecule is CCOC(=O)c1ccccc1NC(=O)C(Cc1ccc(I)cc1)NB(C)O. The van der Waals surface area contributed by atoms with Crippen molar-refractivity contribution in [3.63, 3.8) is 0 Å². The molecule has 0 saturated heterocycles. The number of carbonyl (C=O) groups excluding carboxylic acids is 2. The summed E-state index contributed by atoms with van der Waals surface area (Å²) >= 11 is 2.22. The van der Waals surface area contributed by atoms with Crippen LogP contribution in [0.25, 0.3) is 0 Å². The van der Waals surface area contributed by atoms with Crippen molar-refractivity contribution in [1.29, 1.82) is 0 Å². The Morgan fingerprint density at radius 2 is 1.85 bits per heavy atom. The quantitative estimate of drug-likeness (QED) is 0.308. The van der Waals surface area contributed by atoms with Gasteiger partial charge in [-0.2, -0.15) is 0 Å². The summed E-state index contributed by atoms with van der Waals surface area (Å²) in [6.45, 7) is 3.53. The van der Waals surface area contributed by atoms with Crippen molar-refractivity contribution in [3.05, 3.63) is 63.2 Å². The van der Waals surface area contributed by atoms with E-state index in [-0.39, 0.29) is 18.1 Å². The molecule has 3 N–H and O–H groups in total. The maximum atomic E-state index is 12.8. The number of halogens is 1. The molecule has 2 aromatic carbocycles. The second kappa shape index (κ2) is 10.4. The molecular weight excluding hydrogens is 458 g/mol. The molecule has 0 spiro atoms. The van der Waals surface area contributed by atoms with Crippen LogP contribution >= 0.6 is 22.6 Å². The lowest BCUT2D eigenvalue weighted by Crippen LogP contribution is -2.48. The Morgan fingerprint density at radius 1 is 1.19 bits per heavy atom. The molecule has 0 heterocycles. The fraction of sp³-hybridized carbons (Fsp3) is 0.263. The highest BCUT2D eigenvalue weighted by atomic mass is 127. The van der Waals surface area contributed by atoms with E-state index in [0.29, 0.717) is 12.1 Å². The highest BCUT2D eigenvalue weighted by Gasteiger charge is 2.23. The fourth-order valence-electron chi connectivity index (χ4n) is 2.57. The summed E-state index contributed by atoms with van der Waals surface area (Å²) in [6, 6.07) is 13.8. The third-order valence-corrected chi connectivity index (χ3v) is 4.51. The summed E-state index contributed by atoms with van der Waals surface area (Å²) in [5.74, 6) is -0.836. The van der Waals surface area contributed by atoms with Crippen molar-refractivity contribution in [2.24, 2.45) is 0 Å². The second-order valence-corrected chi connectivity index (χ2v) is 7.23. The predicted molar refractivity (Wildman–Crippen MR) is 115 cm³/mol. The van der Waals surface area contributed by atoms with Gasteiger partial charge in [-0.05, 0) is 72.6 Å².